The quantitative estimate of drug-likeness (QED) is 0.325. The molecule has 1 heterocycles. The molecule has 11 heteroatoms. The first-order valence-corrected chi connectivity index (χ1v) is 13.3. The smallest absolute Gasteiger partial charge is 0.262 e. The molecule has 0 aliphatic heterocycles. The van der Waals surface area contributed by atoms with Crippen molar-refractivity contribution in [3.8, 4) is 17.2 Å². The first-order valence-electron chi connectivity index (χ1n) is 11.9. The number of pyridine rings is 1. The highest BCUT2D eigenvalue weighted by atomic mass is 32.2. The molecule has 2 aromatic carbocycles. The predicted molar refractivity (Wildman–Crippen MR) is 141 cm³/mol. The first kappa shape index (κ1) is 28.9. The van der Waals surface area contributed by atoms with Crippen LogP contribution in [-0.4, -0.2) is 51.0 Å². The van der Waals surface area contributed by atoms with Gasteiger partial charge >= 0.3 is 0 Å². The number of benzene rings is 2. The zero-order valence-electron chi connectivity index (χ0n) is 22.1. The van der Waals surface area contributed by atoms with Crippen LogP contribution in [0.2, 0.25) is 0 Å². The molecule has 0 bridgehead atoms. The van der Waals surface area contributed by atoms with Crippen molar-refractivity contribution < 1.29 is 32.3 Å². The number of carbonyl (C=O) groups is 1. The third-order valence-electron chi connectivity index (χ3n) is 5.83. The van der Waals surface area contributed by atoms with E-state index >= 15 is 0 Å². The van der Waals surface area contributed by atoms with Gasteiger partial charge in [0.15, 0.2) is 0 Å². The molecule has 0 aliphatic rings. The summed E-state index contributed by atoms with van der Waals surface area (Å²) in [7, 11) is 0.459. The number of aromatic nitrogens is 1. The van der Waals surface area contributed by atoms with Crippen LogP contribution in [0.3, 0.4) is 0 Å². The monoisotopic (exact) mass is 543 g/mol. The molecule has 1 atom stereocenters. The number of amides is 1. The molecule has 1 N–H and O–H groups in total. The van der Waals surface area contributed by atoms with E-state index in [9.17, 15) is 13.2 Å². The van der Waals surface area contributed by atoms with E-state index < -0.39 is 22.0 Å². The fourth-order valence-electron chi connectivity index (χ4n) is 3.87. The molecule has 0 saturated heterocycles. The number of methoxy groups -OCH3 is 3. The van der Waals surface area contributed by atoms with E-state index in [0.717, 1.165) is 0 Å². The number of nitrogens with one attached hydrogen (secondary N) is 1. The lowest BCUT2D eigenvalue weighted by Crippen LogP contribution is -2.51. The minimum atomic E-state index is -4.11. The third kappa shape index (κ3) is 7.00. The van der Waals surface area contributed by atoms with Crippen LogP contribution in [0.15, 0.2) is 71.9 Å². The molecule has 0 saturated carbocycles. The average Bonchev–Trinajstić information content (AvgIpc) is 2.93. The molecule has 0 radical (unpaired) electrons. The molecule has 0 fully saturated rings. The van der Waals surface area contributed by atoms with E-state index in [1.807, 2.05) is 0 Å². The van der Waals surface area contributed by atoms with E-state index in [0.29, 0.717) is 28.4 Å². The lowest BCUT2D eigenvalue weighted by atomic mass is 10.0. The zero-order valence-corrected chi connectivity index (χ0v) is 22.9. The van der Waals surface area contributed by atoms with E-state index in [4.69, 9.17) is 19.0 Å². The van der Waals surface area contributed by atoms with E-state index in [1.54, 1.807) is 75.8 Å². The van der Waals surface area contributed by atoms with Crippen molar-refractivity contribution in [1.82, 2.24) is 14.8 Å². The first-order chi connectivity index (χ1) is 18.2. The molecule has 10 nitrogen and oxygen atoms in total. The van der Waals surface area contributed by atoms with Gasteiger partial charge in [-0.05, 0) is 53.9 Å². The van der Waals surface area contributed by atoms with E-state index in [-0.39, 0.29) is 24.0 Å². The Morgan fingerprint density at radius 3 is 2.24 bits per heavy atom. The molecule has 3 aromatic rings. The summed E-state index contributed by atoms with van der Waals surface area (Å²) in [5, 5.41) is 0. The number of carbonyl (C=O) groups excluding carboxylic acids is 1. The maximum absolute atomic E-state index is 13.8. The zero-order chi connectivity index (χ0) is 27.7. The second-order valence-electron chi connectivity index (χ2n) is 8.71. The second-order valence-corrected chi connectivity index (χ2v) is 10.6. The van der Waals surface area contributed by atoms with Crippen LogP contribution in [0.5, 0.6) is 17.2 Å². The fourth-order valence-corrected chi connectivity index (χ4v) is 5.58. The largest absolute Gasteiger partial charge is 0.497 e. The Kier molecular flexibility index (Phi) is 10.1. The molecule has 38 heavy (non-hydrogen) atoms. The Hall–Kier alpha value is -3.67. The predicted octanol–water partition coefficient (Wildman–Crippen LogP) is 3.57. The minimum Gasteiger partial charge on any atom is -0.497 e. The fraction of sp³-hybridized carbons (Fsp3) is 0.333. The molecule has 0 spiro atoms. The maximum atomic E-state index is 13.8. The normalized spacial score (nSPS) is 12.3. The summed E-state index contributed by atoms with van der Waals surface area (Å²) >= 11 is 0. The summed E-state index contributed by atoms with van der Waals surface area (Å²) in [6, 6.07) is 13.6. The number of hydroxylamine groups is 1. The van der Waals surface area contributed by atoms with Crippen molar-refractivity contribution in [2.75, 3.05) is 21.3 Å². The van der Waals surface area contributed by atoms with Crippen LogP contribution in [-0.2, 0) is 32.8 Å². The standard InChI is InChI=1S/C27H33N3O7S/c1-19(2)26(27(31)29-37-18-21-8-9-23(35-4)15-25(21)36-5)30(17-20-7-6-14-28-16-20)38(32,33)24-12-10-22(34-3)11-13-24/h6-16,19,26H,17-18H2,1-5H3,(H,29,31)/t26-/m1/s1. The summed E-state index contributed by atoms with van der Waals surface area (Å²) in [6.07, 6.45) is 3.16. The Morgan fingerprint density at radius 2 is 1.66 bits per heavy atom. The van der Waals surface area contributed by atoms with Crippen molar-refractivity contribution in [1.29, 1.82) is 0 Å². The number of rotatable bonds is 13. The van der Waals surface area contributed by atoms with Crippen LogP contribution in [0.1, 0.15) is 25.0 Å². The lowest BCUT2D eigenvalue weighted by Gasteiger charge is -2.32. The van der Waals surface area contributed by atoms with Gasteiger partial charge < -0.3 is 14.2 Å². The maximum Gasteiger partial charge on any atom is 0.262 e. The highest BCUT2D eigenvalue weighted by Gasteiger charge is 2.38. The van der Waals surface area contributed by atoms with Gasteiger partial charge in [0.05, 0.1) is 26.2 Å². The summed E-state index contributed by atoms with van der Waals surface area (Å²) in [5.74, 6) is 0.666. The van der Waals surface area contributed by atoms with Gasteiger partial charge in [-0.15, -0.1) is 0 Å². The number of ether oxygens (including phenoxy) is 3. The molecule has 1 amide bonds. The molecular formula is C27H33N3O7S. The number of hydrogen-bond acceptors (Lipinski definition) is 8. The highest BCUT2D eigenvalue weighted by molar-refractivity contribution is 7.89. The summed E-state index contributed by atoms with van der Waals surface area (Å²) < 4.78 is 44.6. The van der Waals surface area contributed by atoms with Crippen molar-refractivity contribution in [2.45, 2.75) is 37.9 Å². The Morgan fingerprint density at radius 1 is 0.974 bits per heavy atom. The van der Waals surface area contributed by atoms with Gasteiger partial charge in [0.1, 0.15) is 29.9 Å². The van der Waals surface area contributed by atoms with Crippen LogP contribution in [0.25, 0.3) is 0 Å². The number of nitrogens with zero attached hydrogens (tertiary/aromatic N) is 2. The summed E-state index contributed by atoms with van der Waals surface area (Å²) in [6.45, 7) is 3.48. The van der Waals surface area contributed by atoms with Gasteiger partial charge in [-0.3, -0.25) is 14.6 Å². The Labute approximate surface area is 223 Å². The highest BCUT2D eigenvalue weighted by Crippen LogP contribution is 2.27. The topological polar surface area (TPSA) is 116 Å². The third-order valence-corrected chi connectivity index (χ3v) is 7.67. The number of sulfonamides is 1. The van der Waals surface area contributed by atoms with Crippen LogP contribution in [0, 0.1) is 5.92 Å². The molecule has 3 rings (SSSR count). The van der Waals surface area contributed by atoms with Crippen LogP contribution in [0.4, 0.5) is 0 Å². The van der Waals surface area contributed by atoms with Crippen molar-refractivity contribution in [3.63, 3.8) is 0 Å². The Balaban J connectivity index is 1.87. The van der Waals surface area contributed by atoms with E-state index in [2.05, 4.69) is 10.5 Å². The molecule has 0 aliphatic carbocycles. The average molecular weight is 544 g/mol. The molecular weight excluding hydrogens is 510 g/mol. The summed E-state index contributed by atoms with van der Waals surface area (Å²) in [4.78, 5) is 23.0. The molecule has 204 valence electrons. The lowest BCUT2D eigenvalue weighted by molar-refractivity contribution is -0.140. The molecule has 0 unspecified atom stereocenters. The van der Waals surface area contributed by atoms with Gasteiger partial charge in [0.2, 0.25) is 10.0 Å². The van der Waals surface area contributed by atoms with Crippen molar-refractivity contribution >= 4 is 15.9 Å². The van der Waals surface area contributed by atoms with Gasteiger partial charge in [0, 0.05) is 30.6 Å². The van der Waals surface area contributed by atoms with Crippen LogP contribution < -0.4 is 19.7 Å². The van der Waals surface area contributed by atoms with Gasteiger partial charge in [-0.1, -0.05) is 19.9 Å². The van der Waals surface area contributed by atoms with Gasteiger partial charge in [-0.25, -0.2) is 13.9 Å². The minimum absolute atomic E-state index is 0.00242. The van der Waals surface area contributed by atoms with Crippen molar-refractivity contribution in [3.05, 3.63) is 78.1 Å². The van der Waals surface area contributed by atoms with Gasteiger partial charge in [0.25, 0.3) is 5.91 Å². The SMILES string of the molecule is COc1ccc(S(=O)(=O)N(Cc2cccnc2)[C@@H](C(=O)NOCc2ccc(OC)cc2OC)C(C)C)cc1. The Bertz CT molecular complexity index is 1300. The second kappa shape index (κ2) is 13.2. The van der Waals surface area contributed by atoms with E-state index in [1.165, 1.54) is 30.7 Å². The summed E-state index contributed by atoms with van der Waals surface area (Å²) in [5.41, 5.74) is 3.74. The van der Waals surface area contributed by atoms with Gasteiger partial charge in [-0.2, -0.15) is 4.31 Å². The van der Waals surface area contributed by atoms with Crippen molar-refractivity contribution in [2.24, 2.45) is 5.92 Å². The number of hydrogen-bond donors (Lipinski definition) is 1. The van der Waals surface area contributed by atoms with Crippen LogP contribution >= 0.6 is 0 Å². The molecule has 1 aromatic heterocycles.